The topological polar surface area (TPSA) is 51.8 Å². The molecule has 0 aliphatic rings. The first-order valence-electron chi connectivity index (χ1n) is 4.00. The fraction of sp³-hybridized carbons (Fsp3) is 0.500. The Bertz CT molecular complexity index is 311. The number of halogens is 3. The number of hydrogen-bond acceptors (Lipinski definition) is 3. The van der Waals surface area contributed by atoms with Gasteiger partial charge in [-0.15, -0.1) is 0 Å². The second-order valence-corrected chi connectivity index (χ2v) is 2.95. The molecule has 0 radical (unpaired) electrons. The standard InChI is InChI=1S/C8H10F3N3/c1-5-13-3-2-7(14-5)6(12)4-8(9,10)11/h2-3,6H,4,12H2,1H3/t6-/m0/s1. The quantitative estimate of drug-likeness (QED) is 0.800. The van der Waals surface area contributed by atoms with Crippen molar-refractivity contribution in [1.29, 1.82) is 0 Å². The number of nitrogens with two attached hydrogens (primary N) is 1. The highest BCUT2D eigenvalue weighted by atomic mass is 19.4. The summed E-state index contributed by atoms with van der Waals surface area (Å²) < 4.78 is 35.9. The van der Waals surface area contributed by atoms with E-state index in [1.165, 1.54) is 12.3 Å². The van der Waals surface area contributed by atoms with Gasteiger partial charge in [0.05, 0.1) is 18.2 Å². The van der Waals surface area contributed by atoms with Crippen LogP contribution in [0.5, 0.6) is 0 Å². The summed E-state index contributed by atoms with van der Waals surface area (Å²) in [6.45, 7) is 1.60. The Balaban J connectivity index is 2.74. The Labute approximate surface area is 79.2 Å². The smallest absolute Gasteiger partial charge is 0.322 e. The minimum Gasteiger partial charge on any atom is -0.322 e. The molecule has 1 aromatic rings. The molecule has 0 bridgehead atoms. The molecular formula is C8H10F3N3. The number of aryl methyl sites for hydroxylation is 1. The second-order valence-electron chi connectivity index (χ2n) is 2.95. The van der Waals surface area contributed by atoms with Gasteiger partial charge < -0.3 is 5.73 Å². The Morgan fingerprint density at radius 2 is 2.14 bits per heavy atom. The Kier molecular flexibility index (Phi) is 3.05. The number of hydrogen-bond donors (Lipinski definition) is 1. The number of alkyl halides is 3. The number of nitrogens with zero attached hydrogens (tertiary/aromatic N) is 2. The molecule has 1 rings (SSSR count). The summed E-state index contributed by atoms with van der Waals surface area (Å²) >= 11 is 0. The van der Waals surface area contributed by atoms with E-state index in [9.17, 15) is 13.2 Å². The fourth-order valence-electron chi connectivity index (χ4n) is 1.03. The molecule has 0 aliphatic carbocycles. The van der Waals surface area contributed by atoms with Gasteiger partial charge in [-0.25, -0.2) is 9.97 Å². The molecule has 0 amide bonds. The molecule has 14 heavy (non-hydrogen) atoms. The van der Waals surface area contributed by atoms with Crippen LogP contribution in [0.3, 0.4) is 0 Å². The molecule has 0 fully saturated rings. The molecule has 0 saturated carbocycles. The van der Waals surface area contributed by atoms with Gasteiger partial charge in [-0.3, -0.25) is 0 Å². The zero-order chi connectivity index (χ0) is 10.8. The SMILES string of the molecule is Cc1nccc([C@@H](N)CC(F)(F)F)n1. The average Bonchev–Trinajstić information content (AvgIpc) is 2.01. The first-order valence-corrected chi connectivity index (χ1v) is 4.00. The van der Waals surface area contributed by atoms with Crippen molar-refractivity contribution in [2.45, 2.75) is 25.6 Å². The summed E-state index contributed by atoms with van der Waals surface area (Å²) in [5, 5.41) is 0. The third kappa shape index (κ3) is 3.29. The molecule has 2 N–H and O–H groups in total. The molecule has 0 aliphatic heterocycles. The van der Waals surface area contributed by atoms with Crippen LogP contribution >= 0.6 is 0 Å². The van der Waals surface area contributed by atoms with E-state index in [-0.39, 0.29) is 5.69 Å². The van der Waals surface area contributed by atoms with E-state index in [1.807, 2.05) is 0 Å². The van der Waals surface area contributed by atoms with E-state index in [0.717, 1.165) is 0 Å². The lowest BCUT2D eigenvalue weighted by Crippen LogP contribution is -2.21. The van der Waals surface area contributed by atoms with Crippen LogP contribution in [0.1, 0.15) is 24.0 Å². The van der Waals surface area contributed by atoms with Crippen LogP contribution in [-0.2, 0) is 0 Å². The van der Waals surface area contributed by atoms with Crippen LogP contribution < -0.4 is 5.73 Å². The highest BCUT2D eigenvalue weighted by Gasteiger charge is 2.31. The first-order chi connectivity index (χ1) is 6.38. The van der Waals surface area contributed by atoms with Crippen LogP contribution in [-0.4, -0.2) is 16.1 Å². The highest BCUT2D eigenvalue weighted by Crippen LogP contribution is 2.26. The largest absolute Gasteiger partial charge is 0.390 e. The van der Waals surface area contributed by atoms with Crippen LogP contribution in [0.15, 0.2) is 12.3 Å². The third-order valence-corrected chi connectivity index (χ3v) is 1.63. The van der Waals surface area contributed by atoms with Gasteiger partial charge in [-0.2, -0.15) is 13.2 Å². The van der Waals surface area contributed by atoms with Crippen LogP contribution in [0.2, 0.25) is 0 Å². The van der Waals surface area contributed by atoms with Crippen molar-refractivity contribution < 1.29 is 13.2 Å². The Morgan fingerprint density at radius 1 is 1.50 bits per heavy atom. The van der Waals surface area contributed by atoms with Crippen molar-refractivity contribution in [2.24, 2.45) is 5.73 Å². The van der Waals surface area contributed by atoms with Crippen LogP contribution in [0.25, 0.3) is 0 Å². The normalized spacial score (nSPS) is 14.1. The molecule has 0 aromatic carbocycles. The molecule has 0 unspecified atom stereocenters. The summed E-state index contributed by atoms with van der Waals surface area (Å²) in [5.74, 6) is 0.417. The monoisotopic (exact) mass is 205 g/mol. The summed E-state index contributed by atoms with van der Waals surface area (Å²) in [6, 6.07) is 0.278. The maximum absolute atomic E-state index is 12.0. The minimum absolute atomic E-state index is 0.217. The molecular weight excluding hydrogens is 195 g/mol. The molecule has 1 atom stereocenters. The van der Waals surface area contributed by atoms with Gasteiger partial charge in [-0.05, 0) is 13.0 Å². The maximum atomic E-state index is 12.0. The fourth-order valence-corrected chi connectivity index (χ4v) is 1.03. The van der Waals surface area contributed by atoms with Crippen molar-refractivity contribution in [2.75, 3.05) is 0 Å². The van der Waals surface area contributed by atoms with Gasteiger partial charge in [0.1, 0.15) is 5.82 Å². The van der Waals surface area contributed by atoms with Crippen molar-refractivity contribution in [3.63, 3.8) is 0 Å². The van der Waals surface area contributed by atoms with Crippen LogP contribution in [0.4, 0.5) is 13.2 Å². The summed E-state index contributed by atoms with van der Waals surface area (Å²) in [6.07, 6.45) is -3.93. The van der Waals surface area contributed by atoms with Crippen molar-refractivity contribution >= 4 is 0 Å². The predicted molar refractivity (Wildman–Crippen MR) is 44.4 cm³/mol. The molecule has 3 nitrogen and oxygen atoms in total. The molecule has 0 spiro atoms. The molecule has 78 valence electrons. The third-order valence-electron chi connectivity index (χ3n) is 1.63. The van der Waals surface area contributed by atoms with Crippen molar-refractivity contribution in [1.82, 2.24) is 9.97 Å². The van der Waals surface area contributed by atoms with Crippen molar-refractivity contribution in [3.8, 4) is 0 Å². The van der Waals surface area contributed by atoms with E-state index >= 15 is 0 Å². The van der Waals surface area contributed by atoms with E-state index in [0.29, 0.717) is 5.82 Å². The highest BCUT2D eigenvalue weighted by molar-refractivity contribution is 5.06. The summed E-state index contributed by atoms with van der Waals surface area (Å²) in [4.78, 5) is 7.59. The maximum Gasteiger partial charge on any atom is 0.390 e. The molecule has 1 heterocycles. The van der Waals surface area contributed by atoms with Gasteiger partial charge in [0.15, 0.2) is 0 Å². The predicted octanol–water partition coefficient (Wildman–Crippen LogP) is 1.74. The van der Waals surface area contributed by atoms with Gasteiger partial charge in [-0.1, -0.05) is 0 Å². The van der Waals surface area contributed by atoms with Crippen LogP contribution in [0, 0.1) is 6.92 Å². The zero-order valence-corrected chi connectivity index (χ0v) is 7.54. The lowest BCUT2D eigenvalue weighted by molar-refractivity contribution is -0.138. The van der Waals surface area contributed by atoms with Gasteiger partial charge >= 0.3 is 6.18 Å². The van der Waals surface area contributed by atoms with Crippen molar-refractivity contribution in [3.05, 3.63) is 23.8 Å². The summed E-state index contributed by atoms with van der Waals surface area (Å²) in [5.41, 5.74) is 5.56. The molecule has 0 saturated heterocycles. The van der Waals surface area contributed by atoms with E-state index in [2.05, 4.69) is 9.97 Å². The minimum atomic E-state index is -4.27. The van der Waals surface area contributed by atoms with E-state index in [1.54, 1.807) is 6.92 Å². The average molecular weight is 205 g/mol. The lowest BCUT2D eigenvalue weighted by Gasteiger charge is -2.13. The lowest BCUT2D eigenvalue weighted by atomic mass is 10.1. The van der Waals surface area contributed by atoms with E-state index < -0.39 is 18.6 Å². The molecule has 1 aromatic heterocycles. The Morgan fingerprint density at radius 3 is 2.64 bits per heavy atom. The number of rotatable bonds is 2. The van der Waals surface area contributed by atoms with Gasteiger partial charge in [0.2, 0.25) is 0 Å². The number of aromatic nitrogens is 2. The molecule has 6 heteroatoms. The van der Waals surface area contributed by atoms with Gasteiger partial charge in [0, 0.05) is 6.20 Å². The zero-order valence-electron chi connectivity index (χ0n) is 7.54. The summed E-state index contributed by atoms with van der Waals surface area (Å²) in [7, 11) is 0. The first kappa shape index (κ1) is 10.9. The second kappa shape index (κ2) is 3.91. The Hall–Kier alpha value is -1.17. The van der Waals surface area contributed by atoms with Gasteiger partial charge in [0.25, 0.3) is 0 Å². The van der Waals surface area contributed by atoms with E-state index in [4.69, 9.17) is 5.73 Å².